The van der Waals surface area contributed by atoms with Crippen molar-refractivity contribution in [2.24, 2.45) is 5.73 Å². The van der Waals surface area contributed by atoms with Crippen molar-refractivity contribution in [2.45, 2.75) is 13.0 Å². The fourth-order valence-electron chi connectivity index (χ4n) is 1.43. The molecule has 0 fully saturated rings. The van der Waals surface area contributed by atoms with Gasteiger partial charge in [0.1, 0.15) is 18.2 Å². The predicted octanol–water partition coefficient (Wildman–Crippen LogP) is 1.89. The van der Waals surface area contributed by atoms with Crippen LogP contribution in [-0.4, -0.2) is 33.5 Å². The Hall–Kier alpha value is -1.17. The van der Waals surface area contributed by atoms with Crippen LogP contribution in [0.4, 0.5) is 4.39 Å². The van der Waals surface area contributed by atoms with Crippen LogP contribution in [0.2, 0.25) is 0 Å². The normalized spacial score (nSPS) is 12.4. The lowest BCUT2D eigenvalue weighted by Gasteiger charge is -2.10. The predicted molar refractivity (Wildman–Crippen MR) is 67.2 cm³/mol. The number of hydrogen-bond acceptors (Lipinski definition) is 4. The van der Waals surface area contributed by atoms with Gasteiger partial charge >= 0.3 is 0 Å². The first-order chi connectivity index (χ1) is 8.65. The number of methoxy groups -OCH3 is 1. The average Bonchev–Trinajstić information content (AvgIpc) is 2.33. The lowest BCUT2D eigenvalue weighted by atomic mass is 10.1. The van der Waals surface area contributed by atoms with Crippen molar-refractivity contribution >= 4 is 0 Å². The van der Waals surface area contributed by atoms with Crippen LogP contribution >= 0.6 is 0 Å². The van der Waals surface area contributed by atoms with Gasteiger partial charge in [0.25, 0.3) is 0 Å². The SMILES string of the molecule is COCCOCCOc1ccc([C@H](C)N)c(F)c1. The Morgan fingerprint density at radius 2 is 1.94 bits per heavy atom. The van der Waals surface area contributed by atoms with Crippen LogP contribution in [-0.2, 0) is 9.47 Å². The van der Waals surface area contributed by atoms with Crippen molar-refractivity contribution < 1.29 is 18.6 Å². The van der Waals surface area contributed by atoms with E-state index in [0.29, 0.717) is 37.7 Å². The molecule has 0 aliphatic rings. The van der Waals surface area contributed by atoms with Crippen LogP contribution in [0.1, 0.15) is 18.5 Å². The topological polar surface area (TPSA) is 53.7 Å². The second-order valence-corrected chi connectivity index (χ2v) is 3.93. The number of benzene rings is 1. The molecule has 1 atom stereocenters. The minimum absolute atomic E-state index is 0.323. The van der Waals surface area contributed by atoms with Gasteiger partial charge in [-0.15, -0.1) is 0 Å². The quantitative estimate of drug-likeness (QED) is 0.722. The van der Waals surface area contributed by atoms with E-state index < -0.39 is 0 Å². The summed E-state index contributed by atoms with van der Waals surface area (Å²) in [7, 11) is 1.61. The maximum Gasteiger partial charge on any atom is 0.131 e. The van der Waals surface area contributed by atoms with Gasteiger partial charge in [-0.3, -0.25) is 0 Å². The summed E-state index contributed by atoms with van der Waals surface area (Å²) in [6.07, 6.45) is 0. The molecule has 1 aromatic rings. The van der Waals surface area contributed by atoms with E-state index in [0.717, 1.165) is 0 Å². The molecular formula is C13H20FNO3. The van der Waals surface area contributed by atoms with E-state index in [-0.39, 0.29) is 11.9 Å². The summed E-state index contributed by atoms with van der Waals surface area (Å²) in [6.45, 7) is 3.64. The third kappa shape index (κ3) is 5.00. The Morgan fingerprint density at radius 3 is 2.56 bits per heavy atom. The lowest BCUT2D eigenvalue weighted by Crippen LogP contribution is -2.11. The van der Waals surface area contributed by atoms with Gasteiger partial charge < -0.3 is 19.9 Å². The fourth-order valence-corrected chi connectivity index (χ4v) is 1.43. The van der Waals surface area contributed by atoms with E-state index in [1.54, 1.807) is 26.2 Å². The second-order valence-electron chi connectivity index (χ2n) is 3.93. The van der Waals surface area contributed by atoms with Gasteiger partial charge in [-0.05, 0) is 13.0 Å². The van der Waals surface area contributed by atoms with E-state index in [4.69, 9.17) is 19.9 Å². The molecule has 1 rings (SSSR count). The van der Waals surface area contributed by atoms with Gasteiger partial charge in [-0.2, -0.15) is 0 Å². The smallest absolute Gasteiger partial charge is 0.131 e. The zero-order valence-electron chi connectivity index (χ0n) is 10.8. The van der Waals surface area contributed by atoms with Crippen molar-refractivity contribution in [1.29, 1.82) is 0 Å². The zero-order valence-corrected chi connectivity index (χ0v) is 10.8. The van der Waals surface area contributed by atoms with Gasteiger partial charge in [-0.25, -0.2) is 4.39 Å². The molecule has 0 unspecified atom stereocenters. The van der Waals surface area contributed by atoms with Crippen LogP contribution in [0.15, 0.2) is 18.2 Å². The highest BCUT2D eigenvalue weighted by molar-refractivity contribution is 5.30. The standard InChI is InChI=1S/C13H20FNO3/c1-10(15)12-4-3-11(9-13(12)14)18-8-7-17-6-5-16-2/h3-4,9-10H,5-8,15H2,1-2H3/t10-/m0/s1. The van der Waals surface area contributed by atoms with Crippen molar-refractivity contribution in [1.82, 2.24) is 0 Å². The summed E-state index contributed by atoms with van der Waals surface area (Å²) >= 11 is 0. The molecule has 102 valence electrons. The summed E-state index contributed by atoms with van der Waals surface area (Å²) < 4.78 is 29.0. The van der Waals surface area contributed by atoms with Crippen LogP contribution in [0.5, 0.6) is 5.75 Å². The Morgan fingerprint density at radius 1 is 1.22 bits per heavy atom. The first kappa shape index (κ1) is 14.9. The molecule has 0 radical (unpaired) electrons. The number of halogens is 1. The summed E-state index contributed by atoms with van der Waals surface area (Å²) in [4.78, 5) is 0. The molecule has 1 aromatic carbocycles. The largest absolute Gasteiger partial charge is 0.491 e. The van der Waals surface area contributed by atoms with E-state index in [9.17, 15) is 4.39 Å². The van der Waals surface area contributed by atoms with Gasteiger partial charge in [0.05, 0.1) is 19.8 Å². The Kier molecular flexibility index (Phi) is 6.64. The number of ether oxygens (including phenoxy) is 3. The molecule has 0 aromatic heterocycles. The molecule has 0 bridgehead atoms. The number of hydrogen-bond donors (Lipinski definition) is 1. The van der Waals surface area contributed by atoms with E-state index in [1.807, 2.05) is 0 Å². The molecule has 0 heterocycles. The van der Waals surface area contributed by atoms with Crippen LogP contribution < -0.4 is 10.5 Å². The maximum absolute atomic E-state index is 13.6. The van der Waals surface area contributed by atoms with E-state index in [2.05, 4.69) is 0 Å². The molecule has 5 heteroatoms. The van der Waals surface area contributed by atoms with Gasteiger partial charge in [-0.1, -0.05) is 6.07 Å². The van der Waals surface area contributed by atoms with Crippen molar-refractivity contribution in [2.75, 3.05) is 33.5 Å². The van der Waals surface area contributed by atoms with Gasteiger partial charge in [0.15, 0.2) is 0 Å². The van der Waals surface area contributed by atoms with E-state index >= 15 is 0 Å². The summed E-state index contributed by atoms with van der Waals surface area (Å²) in [5, 5.41) is 0. The van der Waals surface area contributed by atoms with Gasteiger partial charge in [0, 0.05) is 24.8 Å². The van der Waals surface area contributed by atoms with Gasteiger partial charge in [0.2, 0.25) is 0 Å². The number of nitrogens with two attached hydrogens (primary N) is 1. The van der Waals surface area contributed by atoms with Crippen molar-refractivity contribution in [3.8, 4) is 5.75 Å². The summed E-state index contributed by atoms with van der Waals surface area (Å²) in [5.74, 6) is 0.134. The van der Waals surface area contributed by atoms with Crippen molar-refractivity contribution in [3.63, 3.8) is 0 Å². The minimum Gasteiger partial charge on any atom is -0.491 e. The zero-order chi connectivity index (χ0) is 13.4. The molecule has 18 heavy (non-hydrogen) atoms. The third-order valence-electron chi connectivity index (χ3n) is 2.39. The molecule has 4 nitrogen and oxygen atoms in total. The maximum atomic E-state index is 13.6. The Balaban J connectivity index is 2.33. The van der Waals surface area contributed by atoms with Crippen molar-refractivity contribution in [3.05, 3.63) is 29.6 Å². The molecule has 0 saturated heterocycles. The molecule has 0 saturated carbocycles. The van der Waals surface area contributed by atoms with Crippen LogP contribution in [0.25, 0.3) is 0 Å². The summed E-state index contributed by atoms with van der Waals surface area (Å²) in [6, 6.07) is 4.36. The van der Waals surface area contributed by atoms with Crippen LogP contribution in [0.3, 0.4) is 0 Å². The first-order valence-corrected chi connectivity index (χ1v) is 5.89. The molecule has 0 aliphatic carbocycles. The monoisotopic (exact) mass is 257 g/mol. The minimum atomic E-state index is -0.345. The molecule has 2 N–H and O–H groups in total. The Bertz CT molecular complexity index is 358. The highest BCUT2D eigenvalue weighted by Gasteiger charge is 2.07. The fraction of sp³-hybridized carbons (Fsp3) is 0.538. The van der Waals surface area contributed by atoms with Crippen LogP contribution in [0, 0.1) is 5.82 Å². The Labute approximate surface area is 107 Å². The molecule has 0 aliphatic heterocycles. The molecule has 0 spiro atoms. The third-order valence-corrected chi connectivity index (χ3v) is 2.39. The summed E-state index contributed by atoms with van der Waals surface area (Å²) in [5.41, 5.74) is 6.11. The first-order valence-electron chi connectivity index (χ1n) is 5.89. The lowest BCUT2D eigenvalue weighted by molar-refractivity contribution is 0.0544. The molecular weight excluding hydrogens is 237 g/mol. The number of rotatable bonds is 8. The average molecular weight is 257 g/mol. The van der Waals surface area contributed by atoms with E-state index in [1.165, 1.54) is 6.07 Å². The second kappa shape index (κ2) is 8.02. The highest BCUT2D eigenvalue weighted by atomic mass is 19.1. The highest BCUT2D eigenvalue weighted by Crippen LogP contribution is 2.20. The molecule has 0 amide bonds.